The molecule has 0 atom stereocenters. The molecule has 0 N–H and O–H groups in total. The number of halogens is 1. The van der Waals surface area contributed by atoms with Gasteiger partial charge in [-0.25, -0.2) is 13.2 Å². The van der Waals surface area contributed by atoms with E-state index in [1.165, 1.54) is 45.5 Å². The Morgan fingerprint density at radius 1 is 1.12 bits per heavy atom. The Morgan fingerprint density at radius 3 is 2.42 bits per heavy atom. The first kappa shape index (κ1) is 18.1. The molecule has 0 spiro atoms. The van der Waals surface area contributed by atoms with E-state index in [2.05, 4.69) is 4.74 Å². The number of hydrogen-bond donors (Lipinski definition) is 0. The van der Waals surface area contributed by atoms with Gasteiger partial charge >= 0.3 is 5.97 Å². The molecular formula is C16H16ClNO5S. The summed E-state index contributed by atoms with van der Waals surface area (Å²) in [5.74, 6) is -0.166. The van der Waals surface area contributed by atoms with Crippen molar-refractivity contribution in [3.05, 3.63) is 53.1 Å². The van der Waals surface area contributed by atoms with Crippen molar-refractivity contribution in [2.75, 3.05) is 25.6 Å². The lowest BCUT2D eigenvalue weighted by atomic mass is 10.2. The number of methoxy groups -OCH3 is 2. The molecule has 2 aromatic rings. The number of hydrogen-bond acceptors (Lipinski definition) is 5. The highest BCUT2D eigenvalue weighted by atomic mass is 35.5. The van der Waals surface area contributed by atoms with E-state index in [1.54, 1.807) is 18.2 Å². The molecule has 2 rings (SSSR count). The molecular weight excluding hydrogens is 354 g/mol. The molecule has 0 amide bonds. The summed E-state index contributed by atoms with van der Waals surface area (Å²) >= 11 is 6.00. The zero-order chi connectivity index (χ0) is 17.9. The van der Waals surface area contributed by atoms with Gasteiger partial charge in [-0.3, -0.25) is 4.31 Å². The van der Waals surface area contributed by atoms with Crippen LogP contribution < -0.4 is 9.04 Å². The molecule has 0 fully saturated rings. The molecule has 0 saturated carbocycles. The zero-order valence-electron chi connectivity index (χ0n) is 13.3. The standard InChI is InChI=1S/C16H16ClNO5S/c1-18(12-6-4-5-11(9-12)16(19)23-3)24(20,21)13-7-8-15(22-2)14(17)10-13/h4-10H,1-3H3. The normalized spacial score (nSPS) is 11.0. The Hall–Kier alpha value is -2.25. The minimum atomic E-state index is -3.85. The lowest BCUT2D eigenvalue weighted by Gasteiger charge is -2.20. The fourth-order valence-electron chi connectivity index (χ4n) is 2.05. The van der Waals surface area contributed by atoms with Gasteiger partial charge < -0.3 is 9.47 Å². The third kappa shape index (κ3) is 3.47. The van der Waals surface area contributed by atoms with Crippen LogP contribution in [0.1, 0.15) is 10.4 Å². The number of nitrogens with zero attached hydrogens (tertiary/aromatic N) is 1. The van der Waals surface area contributed by atoms with Gasteiger partial charge in [0.15, 0.2) is 0 Å². The lowest BCUT2D eigenvalue weighted by Crippen LogP contribution is -2.26. The Kier molecular flexibility index (Phi) is 5.36. The van der Waals surface area contributed by atoms with Gasteiger partial charge in [0, 0.05) is 7.05 Å². The quantitative estimate of drug-likeness (QED) is 0.757. The van der Waals surface area contributed by atoms with Crippen molar-refractivity contribution in [1.82, 2.24) is 0 Å². The predicted octanol–water partition coefficient (Wildman–Crippen LogP) is 2.96. The number of anilines is 1. The summed E-state index contributed by atoms with van der Waals surface area (Å²) in [6.45, 7) is 0. The van der Waals surface area contributed by atoms with E-state index in [4.69, 9.17) is 16.3 Å². The second-order valence-electron chi connectivity index (χ2n) is 4.81. The average molecular weight is 370 g/mol. The van der Waals surface area contributed by atoms with Gasteiger partial charge in [-0.2, -0.15) is 0 Å². The van der Waals surface area contributed by atoms with Gasteiger partial charge in [-0.05, 0) is 36.4 Å². The Bertz CT molecular complexity index is 867. The summed E-state index contributed by atoms with van der Waals surface area (Å²) in [4.78, 5) is 11.6. The van der Waals surface area contributed by atoms with Crippen LogP contribution in [0.4, 0.5) is 5.69 Å². The number of ether oxygens (including phenoxy) is 2. The molecule has 0 unspecified atom stereocenters. The van der Waals surface area contributed by atoms with Crippen molar-refractivity contribution in [2.24, 2.45) is 0 Å². The van der Waals surface area contributed by atoms with E-state index in [9.17, 15) is 13.2 Å². The Labute approximate surface area is 145 Å². The SMILES string of the molecule is COC(=O)c1cccc(N(C)S(=O)(=O)c2ccc(OC)c(Cl)c2)c1. The third-order valence-electron chi connectivity index (χ3n) is 3.41. The molecule has 0 aliphatic carbocycles. The number of sulfonamides is 1. The van der Waals surface area contributed by atoms with Crippen molar-refractivity contribution >= 4 is 33.3 Å². The highest BCUT2D eigenvalue weighted by Gasteiger charge is 2.23. The molecule has 0 bridgehead atoms. The van der Waals surface area contributed by atoms with Crippen molar-refractivity contribution in [3.8, 4) is 5.75 Å². The first-order chi connectivity index (χ1) is 11.3. The molecule has 0 saturated heterocycles. The van der Waals surface area contributed by atoms with E-state index >= 15 is 0 Å². The third-order valence-corrected chi connectivity index (χ3v) is 5.49. The van der Waals surface area contributed by atoms with Crippen molar-refractivity contribution in [3.63, 3.8) is 0 Å². The van der Waals surface area contributed by atoms with E-state index in [1.807, 2.05) is 0 Å². The Balaban J connectivity index is 2.42. The van der Waals surface area contributed by atoms with Crippen molar-refractivity contribution < 1.29 is 22.7 Å². The van der Waals surface area contributed by atoms with Gasteiger partial charge in [0.2, 0.25) is 0 Å². The number of benzene rings is 2. The fourth-order valence-corrected chi connectivity index (χ4v) is 3.59. The van der Waals surface area contributed by atoms with Crippen LogP contribution in [0.25, 0.3) is 0 Å². The molecule has 0 radical (unpaired) electrons. The van der Waals surface area contributed by atoms with Crippen LogP contribution in [0, 0.1) is 0 Å². The molecule has 0 aromatic heterocycles. The Morgan fingerprint density at radius 2 is 1.83 bits per heavy atom. The van der Waals surface area contributed by atoms with Gasteiger partial charge in [-0.1, -0.05) is 17.7 Å². The van der Waals surface area contributed by atoms with E-state index in [-0.39, 0.29) is 15.5 Å². The molecule has 0 aliphatic rings. The van der Waals surface area contributed by atoms with Crippen LogP contribution in [-0.4, -0.2) is 35.7 Å². The number of esters is 1. The highest BCUT2D eigenvalue weighted by molar-refractivity contribution is 7.92. The van der Waals surface area contributed by atoms with Gasteiger partial charge in [0.05, 0.1) is 35.4 Å². The summed E-state index contributed by atoms with van der Waals surface area (Å²) in [5, 5.41) is 0.190. The monoisotopic (exact) mass is 369 g/mol. The van der Waals surface area contributed by atoms with Crippen LogP contribution in [-0.2, 0) is 14.8 Å². The van der Waals surface area contributed by atoms with E-state index in [0.29, 0.717) is 11.4 Å². The minimum Gasteiger partial charge on any atom is -0.495 e. The fraction of sp³-hybridized carbons (Fsp3) is 0.188. The van der Waals surface area contributed by atoms with Crippen LogP contribution >= 0.6 is 11.6 Å². The predicted molar refractivity (Wildman–Crippen MR) is 91.4 cm³/mol. The van der Waals surface area contributed by atoms with Crippen molar-refractivity contribution in [1.29, 1.82) is 0 Å². The first-order valence-electron chi connectivity index (χ1n) is 6.82. The largest absolute Gasteiger partial charge is 0.495 e. The molecule has 128 valence electrons. The molecule has 6 nitrogen and oxygen atoms in total. The summed E-state index contributed by atoms with van der Waals surface area (Å²) < 4.78 is 36.2. The van der Waals surface area contributed by atoms with Crippen LogP contribution in [0.5, 0.6) is 5.75 Å². The number of rotatable bonds is 5. The topological polar surface area (TPSA) is 72.9 Å². The first-order valence-corrected chi connectivity index (χ1v) is 8.64. The van der Waals surface area contributed by atoms with E-state index < -0.39 is 16.0 Å². The summed E-state index contributed by atoms with van der Waals surface area (Å²) in [7, 11) is 0.248. The van der Waals surface area contributed by atoms with Crippen molar-refractivity contribution in [2.45, 2.75) is 4.90 Å². The second-order valence-corrected chi connectivity index (χ2v) is 7.19. The summed E-state index contributed by atoms with van der Waals surface area (Å²) in [6, 6.07) is 10.3. The van der Waals surface area contributed by atoms with Crippen LogP contribution in [0.2, 0.25) is 5.02 Å². The maximum atomic E-state index is 12.7. The molecule has 8 heteroatoms. The molecule has 24 heavy (non-hydrogen) atoms. The van der Waals surface area contributed by atoms with Gasteiger partial charge in [0.1, 0.15) is 5.75 Å². The second kappa shape index (κ2) is 7.11. The maximum absolute atomic E-state index is 12.7. The maximum Gasteiger partial charge on any atom is 0.337 e. The summed E-state index contributed by atoms with van der Waals surface area (Å²) in [6.07, 6.45) is 0. The highest BCUT2D eigenvalue weighted by Crippen LogP contribution is 2.30. The van der Waals surface area contributed by atoms with Crippen LogP contribution in [0.15, 0.2) is 47.4 Å². The smallest absolute Gasteiger partial charge is 0.337 e. The molecule has 0 aliphatic heterocycles. The number of carbonyl (C=O) groups excluding carboxylic acids is 1. The van der Waals surface area contributed by atoms with E-state index in [0.717, 1.165) is 4.31 Å². The average Bonchev–Trinajstić information content (AvgIpc) is 2.60. The molecule has 0 heterocycles. The van der Waals surface area contributed by atoms with Gasteiger partial charge in [0.25, 0.3) is 10.0 Å². The van der Waals surface area contributed by atoms with Gasteiger partial charge in [-0.15, -0.1) is 0 Å². The number of carbonyl (C=O) groups is 1. The lowest BCUT2D eigenvalue weighted by molar-refractivity contribution is 0.0600. The zero-order valence-corrected chi connectivity index (χ0v) is 14.9. The minimum absolute atomic E-state index is 0.0132. The molecule has 2 aromatic carbocycles. The summed E-state index contributed by atoms with van der Waals surface area (Å²) in [5.41, 5.74) is 0.578. The van der Waals surface area contributed by atoms with Crippen LogP contribution in [0.3, 0.4) is 0 Å².